The van der Waals surface area contributed by atoms with Gasteiger partial charge in [-0.25, -0.2) is 0 Å². The second-order valence-electron chi connectivity index (χ2n) is 8.67. The molecule has 5 heteroatoms. The molecule has 3 aromatic rings. The molecule has 0 aliphatic carbocycles. The number of halogens is 1. The van der Waals surface area contributed by atoms with E-state index in [0.29, 0.717) is 5.56 Å². The van der Waals surface area contributed by atoms with E-state index in [9.17, 15) is 4.79 Å². The maximum absolute atomic E-state index is 13.0. The van der Waals surface area contributed by atoms with Crippen LogP contribution in [0.4, 0.5) is 5.00 Å². The van der Waals surface area contributed by atoms with Gasteiger partial charge in [0.15, 0.2) is 0 Å². The summed E-state index contributed by atoms with van der Waals surface area (Å²) in [5.74, 6) is 0.710. The number of benzene rings is 2. The van der Waals surface area contributed by atoms with Crippen LogP contribution in [0.5, 0.6) is 0 Å². The largest absolute Gasteiger partial charge is 0.325 e. The first-order valence-electron chi connectivity index (χ1n) is 11.0. The summed E-state index contributed by atoms with van der Waals surface area (Å²) in [6.45, 7) is 8.92. The Hall–Kier alpha value is -2.14. The minimum atomic E-state index is -0.0600. The zero-order valence-corrected chi connectivity index (χ0v) is 19.9. The first-order chi connectivity index (χ1) is 14.9. The van der Waals surface area contributed by atoms with Crippen molar-refractivity contribution in [2.45, 2.75) is 39.7 Å². The van der Waals surface area contributed by atoms with Crippen molar-refractivity contribution >= 4 is 33.8 Å². The van der Waals surface area contributed by atoms with Crippen LogP contribution in [0.25, 0.3) is 0 Å². The lowest BCUT2D eigenvalue weighted by molar-refractivity contribution is -0.931. The fourth-order valence-electron chi connectivity index (χ4n) is 4.56. The molecule has 2 heterocycles. The molecule has 4 rings (SSSR count). The van der Waals surface area contributed by atoms with Gasteiger partial charge >= 0.3 is 0 Å². The van der Waals surface area contributed by atoms with Crippen molar-refractivity contribution in [1.82, 2.24) is 0 Å². The van der Waals surface area contributed by atoms with Gasteiger partial charge in [0.1, 0.15) is 11.0 Å². The third-order valence-electron chi connectivity index (χ3n) is 6.49. The summed E-state index contributed by atoms with van der Waals surface area (Å²) in [5.41, 5.74) is 4.40. The van der Waals surface area contributed by atoms with Crippen molar-refractivity contribution in [2.24, 2.45) is 5.92 Å². The van der Waals surface area contributed by atoms with Crippen molar-refractivity contribution in [3.8, 4) is 0 Å². The lowest BCUT2D eigenvalue weighted by Crippen LogP contribution is -3.13. The molecule has 0 saturated carbocycles. The number of piperidine rings is 1. The third kappa shape index (κ3) is 4.87. The maximum atomic E-state index is 13.0. The van der Waals surface area contributed by atoms with Gasteiger partial charge in [0.05, 0.1) is 18.7 Å². The Morgan fingerprint density at radius 3 is 2.48 bits per heavy atom. The van der Waals surface area contributed by atoms with Crippen LogP contribution >= 0.6 is 22.9 Å². The number of likely N-dealkylation sites (tertiary alicyclic amines) is 1. The van der Waals surface area contributed by atoms with Gasteiger partial charge < -0.3 is 10.2 Å². The molecule has 2 N–H and O–H groups in total. The summed E-state index contributed by atoms with van der Waals surface area (Å²) in [5, 5.41) is 4.95. The molecule has 31 heavy (non-hydrogen) atoms. The quantitative estimate of drug-likeness (QED) is 0.512. The van der Waals surface area contributed by atoms with E-state index >= 15 is 0 Å². The Bertz CT molecular complexity index is 1050. The third-order valence-corrected chi connectivity index (χ3v) is 7.86. The molecule has 0 unspecified atom stereocenters. The number of nitrogens with one attached hydrogen (secondary N) is 2. The molecule has 3 nitrogen and oxygen atoms in total. The van der Waals surface area contributed by atoms with Crippen LogP contribution in [-0.2, 0) is 0 Å². The summed E-state index contributed by atoms with van der Waals surface area (Å²) in [4.78, 5) is 15.8. The molecule has 1 aliphatic rings. The number of hydrogen-bond donors (Lipinski definition) is 2. The Balaban J connectivity index is 1.76. The normalized spacial score (nSPS) is 19.7. The van der Waals surface area contributed by atoms with Crippen LogP contribution in [0.1, 0.15) is 57.7 Å². The minimum Gasteiger partial charge on any atom is -0.325 e. The van der Waals surface area contributed by atoms with E-state index in [1.165, 1.54) is 34.4 Å². The topological polar surface area (TPSA) is 33.5 Å². The summed E-state index contributed by atoms with van der Waals surface area (Å²) in [6.07, 6.45) is 2.44. The molecule has 162 valence electrons. The highest BCUT2D eigenvalue weighted by atomic mass is 35.5. The van der Waals surface area contributed by atoms with Crippen molar-refractivity contribution in [2.75, 3.05) is 18.4 Å². The fraction of sp³-hybridized carbons (Fsp3) is 0.346. The lowest BCUT2D eigenvalue weighted by Gasteiger charge is -2.35. The number of anilines is 1. The van der Waals surface area contributed by atoms with Crippen LogP contribution in [0.15, 0.2) is 54.6 Å². The van der Waals surface area contributed by atoms with Crippen LogP contribution in [0.3, 0.4) is 0 Å². The summed E-state index contributed by atoms with van der Waals surface area (Å²) >= 11 is 8.09. The standard InChI is InChI=1S/C26H29ClN2OS/c1-17-12-14-29(15-13-17)24(21-10-7-11-22(27)16-21)23-18(2)19(3)31-26(23)28-25(30)20-8-5-4-6-9-20/h4-11,16-17,24H,12-15H2,1-3H3,(H,28,30)/p+1/t24-/m0/s1. The number of aryl methyl sites for hydroxylation is 1. The van der Waals surface area contributed by atoms with Gasteiger partial charge in [-0.2, -0.15) is 0 Å². The number of hydrogen-bond acceptors (Lipinski definition) is 2. The molecule has 1 aliphatic heterocycles. The first kappa shape index (κ1) is 22.1. The fourth-order valence-corrected chi connectivity index (χ4v) is 5.86. The molecule has 1 atom stereocenters. The molecular weight excluding hydrogens is 424 g/mol. The number of thiophene rings is 1. The predicted molar refractivity (Wildman–Crippen MR) is 131 cm³/mol. The van der Waals surface area contributed by atoms with Gasteiger partial charge in [0.25, 0.3) is 5.91 Å². The summed E-state index contributed by atoms with van der Waals surface area (Å²) in [6, 6.07) is 17.8. The molecule has 2 aromatic carbocycles. The number of carbonyl (C=O) groups excluding carboxylic acids is 1. The zero-order valence-electron chi connectivity index (χ0n) is 18.4. The minimum absolute atomic E-state index is 0.0600. The van der Waals surface area contributed by atoms with E-state index in [1.54, 1.807) is 16.2 Å². The van der Waals surface area contributed by atoms with Gasteiger partial charge in [0, 0.05) is 21.0 Å². The van der Waals surface area contributed by atoms with E-state index in [4.69, 9.17) is 11.6 Å². The van der Waals surface area contributed by atoms with E-state index in [-0.39, 0.29) is 11.9 Å². The Morgan fingerprint density at radius 2 is 1.81 bits per heavy atom. The monoisotopic (exact) mass is 453 g/mol. The van der Waals surface area contributed by atoms with Crippen LogP contribution in [-0.4, -0.2) is 19.0 Å². The van der Waals surface area contributed by atoms with Crippen molar-refractivity contribution < 1.29 is 9.69 Å². The highest BCUT2D eigenvalue weighted by Crippen LogP contribution is 2.39. The molecule has 0 spiro atoms. The van der Waals surface area contributed by atoms with Gasteiger partial charge in [0.2, 0.25) is 0 Å². The number of quaternary nitrogens is 1. The zero-order chi connectivity index (χ0) is 22.0. The maximum Gasteiger partial charge on any atom is 0.256 e. The molecule has 1 saturated heterocycles. The van der Waals surface area contributed by atoms with Crippen molar-refractivity contribution in [3.05, 3.63) is 86.8 Å². The smallest absolute Gasteiger partial charge is 0.256 e. The van der Waals surface area contributed by atoms with Crippen molar-refractivity contribution in [3.63, 3.8) is 0 Å². The Labute approximate surface area is 194 Å². The van der Waals surface area contributed by atoms with Crippen LogP contribution < -0.4 is 10.2 Å². The Kier molecular flexibility index (Phi) is 6.80. The molecule has 1 fully saturated rings. The highest BCUT2D eigenvalue weighted by Gasteiger charge is 2.34. The predicted octanol–water partition coefficient (Wildman–Crippen LogP) is 5.67. The van der Waals surface area contributed by atoms with Gasteiger partial charge in [-0.15, -0.1) is 11.3 Å². The average Bonchev–Trinajstić information content (AvgIpc) is 3.04. The Morgan fingerprint density at radius 1 is 1.10 bits per heavy atom. The van der Waals surface area contributed by atoms with Crippen molar-refractivity contribution in [1.29, 1.82) is 0 Å². The van der Waals surface area contributed by atoms with E-state index in [0.717, 1.165) is 29.0 Å². The van der Waals surface area contributed by atoms with Gasteiger partial charge in [-0.1, -0.05) is 48.9 Å². The molecule has 1 amide bonds. The molecule has 1 aromatic heterocycles. The second kappa shape index (κ2) is 9.56. The van der Waals surface area contributed by atoms with Gasteiger partial charge in [-0.3, -0.25) is 4.79 Å². The summed E-state index contributed by atoms with van der Waals surface area (Å²) in [7, 11) is 0. The molecule has 0 radical (unpaired) electrons. The average molecular weight is 454 g/mol. The van der Waals surface area contributed by atoms with E-state index in [1.807, 2.05) is 42.5 Å². The van der Waals surface area contributed by atoms with E-state index in [2.05, 4.69) is 38.2 Å². The number of rotatable bonds is 5. The van der Waals surface area contributed by atoms with E-state index < -0.39 is 0 Å². The van der Waals surface area contributed by atoms with Crippen LogP contribution in [0, 0.1) is 19.8 Å². The number of carbonyl (C=O) groups is 1. The second-order valence-corrected chi connectivity index (χ2v) is 10.3. The highest BCUT2D eigenvalue weighted by molar-refractivity contribution is 7.16. The molecule has 0 bridgehead atoms. The first-order valence-corrected chi connectivity index (χ1v) is 12.2. The number of amides is 1. The van der Waals surface area contributed by atoms with Crippen LogP contribution in [0.2, 0.25) is 5.02 Å². The molecular formula is C26H30ClN2OS+. The van der Waals surface area contributed by atoms with Gasteiger partial charge in [-0.05, 0) is 62.4 Å². The summed E-state index contributed by atoms with van der Waals surface area (Å²) < 4.78 is 0. The lowest BCUT2D eigenvalue weighted by atomic mass is 9.91. The SMILES string of the molecule is Cc1sc(NC(=O)c2ccccc2)c([C@H](c2cccc(Cl)c2)[NH+]2CCC(C)CC2)c1C.